The molecule has 1 saturated heterocycles. The number of benzene rings is 1. The van der Waals surface area contributed by atoms with Gasteiger partial charge in [0.05, 0.1) is 17.5 Å². The second-order valence-corrected chi connectivity index (χ2v) is 5.14. The molecule has 1 fully saturated rings. The normalized spacial score (nSPS) is 18.0. The first-order valence-electron chi connectivity index (χ1n) is 6.81. The second kappa shape index (κ2) is 5.21. The van der Waals surface area contributed by atoms with Crippen LogP contribution in [0.15, 0.2) is 24.3 Å². The predicted octanol–water partition coefficient (Wildman–Crippen LogP) is 2.44. The van der Waals surface area contributed by atoms with Gasteiger partial charge in [0.15, 0.2) is 5.69 Å². The van der Waals surface area contributed by atoms with Gasteiger partial charge in [-0.05, 0) is 49.6 Å². The minimum Gasteiger partial charge on any atom is -0.508 e. The van der Waals surface area contributed by atoms with Crippen molar-refractivity contribution < 1.29 is 19.7 Å². The smallest absolute Gasteiger partial charge is 0.356 e. The van der Waals surface area contributed by atoms with Crippen LogP contribution in [0, 0.1) is 6.92 Å². The minimum atomic E-state index is -1.07. The molecule has 1 aromatic heterocycles. The molecule has 3 rings (SSSR count). The number of rotatable bonds is 3. The van der Waals surface area contributed by atoms with Crippen molar-refractivity contribution in [2.45, 2.75) is 25.9 Å². The Bertz CT molecular complexity index is 687. The van der Waals surface area contributed by atoms with E-state index in [1.54, 1.807) is 28.9 Å². The summed E-state index contributed by atoms with van der Waals surface area (Å²) in [6.45, 7) is 2.52. The molecule has 110 valence electrons. The topological polar surface area (TPSA) is 84.6 Å². The number of phenolic OH excluding ortho intramolecular Hbond substituents is 1. The first-order valence-corrected chi connectivity index (χ1v) is 6.81. The van der Waals surface area contributed by atoms with Crippen LogP contribution in [0.1, 0.15) is 40.7 Å². The number of nitrogens with zero attached hydrogens (tertiary/aromatic N) is 2. The third-order valence-corrected chi connectivity index (χ3v) is 3.62. The SMILES string of the molecule is Cc1cc(O)ccc1-n1nc(C(=O)O)cc1C1CCCO1. The Kier molecular flexibility index (Phi) is 3.39. The van der Waals surface area contributed by atoms with E-state index in [2.05, 4.69) is 5.10 Å². The summed E-state index contributed by atoms with van der Waals surface area (Å²) >= 11 is 0. The third kappa shape index (κ3) is 2.50. The molecule has 2 heterocycles. The van der Waals surface area contributed by atoms with Crippen LogP contribution in [0.3, 0.4) is 0 Å². The summed E-state index contributed by atoms with van der Waals surface area (Å²) in [6, 6.07) is 6.47. The molecule has 0 radical (unpaired) electrons. The maximum atomic E-state index is 11.2. The maximum absolute atomic E-state index is 11.2. The molecule has 2 N–H and O–H groups in total. The maximum Gasteiger partial charge on any atom is 0.356 e. The zero-order valence-corrected chi connectivity index (χ0v) is 11.6. The average molecular weight is 288 g/mol. The highest BCUT2D eigenvalue weighted by Gasteiger charge is 2.25. The van der Waals surface area contributed by atoms with Crippen LogP contribution in [-0.2, 0) is 4.74 Å². The summed E-state index contributed by atoms with van der Waals surface area (Å²) in [7, 11) is 0. The summed E-state index contributed by atoms with van der Waals surface area (Å²) < 4.78 is 7.26. The highest BCUT2D eigenvalue weighted by Crippen LogP contribution is 2.31. The average Bonchev–Trinajstić information content (AvgIpc) is 3.07. The van der Waals surface area contributed by atoms with Gasteiger partial charge in [0.25, 0.3) is 0 Å². The molecule has 6 heteroatoms. The summed E-state index contributed by atoms with van der Waals surface area (Å²) in [4.78, 5) is 11.2. The van der Waals surface area contributed by atoms with Gasteiger partial charge < -0.3 is 14.9 Å². The largest absolute Gasteiger partial charge is 0.508 e. The first kappa shape index (κ1) is 13.6. The fourth-order valence-corrected chi connectivity index (χ4v) is 2.61. The molecule has 0 bridgehead atoms. The van der Waals surface area contributed by atoms with Gasteiger partial charge >= 0.3 is 5.97 Å². The van der Waals surface area contributed by atoms with Crippen molar-refractivity contribution in [1.29, 1.82) is 0 Å². The number of hydrogen-bond donors (Lipinski definition) is 2. The minimum absolute atomic E-state index is 0.00650. The lowest BCUT2D eigenvalue weighted by atomic mass is 10.1. The Balaban J connectivity index is 2.13. The lowest BCUT2D eigenvalue weighted by Gasteiger charge is -2.14. The van der Waals surface area contributed by atoms with Gasteiger partial charge in [-0.2, -0.15) is 5.10 Å². The summed E-state index contributed by atoms with van der Waals surface area (Å²) in [5, 5.41) is 22.8. The van der Waals surface area contributed by atoms with E-state index in [1.807, 2.05) is 6.92 Å². The van der Waals surface area contributed by atoms with Gasteiger partial charge in [-0.1, -0.05) is 0 Å². The van der Waals surface area contributed by atoms with Crippen molar-refractivity contribution in [2.75, 3.05) is 6.61 Å². The van der Waals surface area contributed by atoms with E-state index in [1.165, 1.54) is 0 Å². The van der Waals surface area contributed by atoms with Crippen LogP contribution in [0.5, 0.6) is 5.75 Å². The summed E-state index contributed by atoms with van der Waals surface area (Å²) in [5.74, 6) is -0.898. The quantitative estimate of drug-likeness (QED) is 0.906. The van der Waals surface area contributed by atoms with Gasteiger partial charge in [-0.3, -0.25) is 0 Å². The number of aryl methyl sites for hydroxylation is 1. The number of ether oxygens (including phenoxy) is 1. The highest BCUT2D eigenvalue weighted by molar-refractivity contribution is 5.85. The van der Waals surface area contributed by atoms with Crippen LogP contribution in [0.25, 0.3) is 5.69 Å². The number of carboxylic acids is 1. The Morgan fingerprint density at radius 1 is 1.43 bits per heavy atom. The van der Waals surface area contributed by atoms with E-state index in [-0.39, 0.29) is 17.5 Å². The van der Waals surface area contributed by atoms with Gasteiger partial charge in [0.2, 0.25) is 0 Å². The number of aromatic hydroxyl groups is 1. The lowest BCUT2D eigenvalue weighted by molar-refractivity contribution is 0.0690. The number of carbonyl (C=O) groups is 1. The summed E-state index contributed by atoms with van der Waals surface area (Å²) in [6.07, 6.45) is 1.66. The fourth-order valence-electron chi connectivity index (χ4n) is 2.61. The second-order valence-electron chi connectivity index (χ2n) is 5.14. The van der Waals surface area contributed by atoms with Crippen molar-refractivity contribution in [1.82, 2.24) is 9.78 Å². The van der Waals surface area contributed by atoms with Crippen LogP contribution < -0.4 is 0 Å². The van der Waals surface area contributed by atoms with Crippen molar-refractivity contribution in [3.63, 3.8) is 0 Å². The molecule has 2 aromatic rings. The molecule has 1 aromatic carbocycles. The Hall–Kier alpha value is -2.34. The molecule has 1 atom stereocenters. The predicted molar refractivity (Wildman–Crippen MR) is 74.9 cm³/mol. The van der Waals surface area contributed by atoms with E-state index in [4.69, 9.17) is 9.84 Å². The molecule has 1 aliphatic rings. The number of hydrogen-bond acceptors (Lipinski definition) is 4. The van der Waals surface area contributed by atoms with E-state index in [0.29, 0.717) is 6.61 Å². The van der Waals surface area contributed by atoms with Gasteiger partial charge in [0, 0.05) is 6.61 Å². The molecule has 0 amide bonds. The number of aromatic carboxylic acids is 1. The lowest BCUT2D eigenvalue weighted by Crippen LogP contribution is -2.08. The molecule has 0 aliphatic carbocycles. The Labute approximate surface area is 121 Å². The van der Waals surface area contributed by atoms with Crippen molar-refractivity contribution in [3.05, 3.63) is 41.2 Å². The number of aromatic nitrogens is 2. The van der Waals surface area contributed by atoms with Crippen LogP contribution in [-0.4, -0.2) is 32.6 Å². The third-order valence-electron chi connectivity index (χ3n) is 3.62. The Morgan fingerprint density at radius 3 is 2.86 bits per heavy atom. The molecule has 1 aliphatic heterocycles. The highest BCUT2D eigenvalue weighted by atomic mass is 16.5. The molecular formula is C15H16N2O4. The van der Waals surface area contributed by atoms with E-state index in [9.17, 15) is 9.90 Å². The van der Waals surface area contributed by atoms with Crippen LogP contribution >= 0.6 is 0 Å². The van der Waals surface area contributed by atoms with E-state index < -0.39 is 5.97 Å². The zero-order chi connectivity index (χ0) is 15.0. The number of carboxylic acid groups (broad SMARTS) is 1. The first-order chi connectivity index (χ1) is 10.1. The van der Waals surface area contributed by atoms with Gasteiger partial charge in [-0.15, -0.1) is 0 Å². The van der Waals surface area contributed by atoms with Crippen LogP contribution in [0.4, 0.5) is 0 Å². The molecule has 0 saturated carbocycles. The van der Waals surface area contributed by atoms with Crippen molar-refractivity contribution >= 4 is 5.97 Å². The van der Waals surface area contributed by atoms with Gasteiger partial charge in [0.1, 0.15) is 5.75 Å². The molecule has 21 heavy (non-hydrogen) atoms. The Morgan fingerprint density at radius 2 is 2.24 bits per heavy atom. The summed E-state index contributed by atoms with van der Waals surface area (Å²) in [5.41, 5.74) is 2.28. The van der Waals surface area contributed by atoms with Crippen molar-refractivity contribution in [2.24, 2.45) is 0 Å². The van der Waals surface area contributed by atoms with Crippen LogP contribution in [0.2, 0.25) is 0 Å². The molecular weight excluding hydrogens is 272 g/mol. The van der Waals surface area contributed by atoms with Gasteiger partial charge in [-0.25, -0.2) is 9.48 Å². The fraction of sp³-hybridized carbons (Fsp3) is 0.333. The molecule has 1 unspecified atom stereocenters. The zero-order valence-electron chi connectivity index (χ0n) is 11.6. The monoisotopic (exact) mass is 288 g/mol. The van der Waals surface area contributed by atoms with Crippen molar-refractivity contribution in [3.8, 4) is 11.4 Å². The molecule has 6 nitrogen and oxygen atoms in total. The molecule has 0 spiro atoms. The van der Waals surface area contributed by atoms with E-state index >= 15 is 0 Å². The number of phenols is 1. The standard InChI is InChI=1S/C15H16N2O4/c1-9-7-10(18)4-5-12(9)17-13(14-3-2-6-21-14)8-11(16-17)15(19)20/h4-5,7-8,14,18H,2-3,6H2,1H3,(H,19,20). The van der Waals surface area contributed by atoms with E-state index in [0.717, 1.165) is 29.8 Å².